The number of alkyl carbamates (subject to hydrolysis) is 1. The highest BCUT2D eigenvalue weighted by molar-refractivity contribution is 5.91. The molecule has 19 heteroatoms. The van der Waals surface area contributed by atoms with Crippen LogP contribution in [0.1, 0.15) is 136 Å². The lowest BCUT2D eigenvalue weighted by molar-refractivity contribution is -0.319. The number of hydrogen-bond donors (Lipinski definition) is 1. The van der Waals surface area contributed by atoms with E-state index in [1.54, 1.807) is 88.4 Å². The minimum absolute atomic E-state index is 0.0252. The molecule has 1 amide bonds. The number of esters is 7. The van der Waals surface area contributed by atoms with Gasteiger partial charge in [-0.1, -0.05) is 74.9 Å². The molecular formula is C55H69NO18. The molecule has 1 aliphatic heterocycles. The van der Waals surface area contributed by atoms with Crippen molar-refractivity contribution in [2.75, 3.05) is 19.8 Å². The molecule has 3 unspecified atom stereocenters. The number of Topliss-reactive ketones (excluding diaryl/α,β-unsaturated/α-hetero) is 1. The molecule has 6 rings (SSSR count). The van der Waals surface area contributed by atoms with Crippen LogP contribution in [0.5, 0.6) is 0 Å². The number of rotatable bonds is 18. The van der Waals surface area contributed by atoms with Gasteiger partial charge in [0.15, 0.2) is 11.7 Å². The number of allylic oxidation sites excluding steroid dienone is 1. The van der Waals surface area contributed by atoms with Crippen LogP contribution in [-0.4, -0.2) is 115 Å². The molecule has 2 saturated carbocycles. The Kier molecular flexibility index (Phi) is 17.8. The SMILES string of the molecule is CC(=O)OCC(COC(C)=O)OC(=O)CCCC(=O)OC(C(=O)O[C@H]1CC2[C@@H](OC(=O)c3ccccc3)C3[C@@](C)(CC[C@H]4OC[C@@]34OC(C)=O)C(=O)CC(=C1C)C2(C)C)[C@@H](NC(=O)OC(C)(C)C)c1ccccc1. The zero-order chi connectivity index (χ0) is 54.3. The van der Waals surface area contributed by atoms with E-state index in [2.05, 4.69) is 5.32 Å². The topological polar surface area (TPSA) is 249 Å². The van der Waals surface area contributed by atoms with Crippen LogP contribution in [0.15, 0.2) is 71.8 Å². The molecule has 402 valence electrons. The molecule has 2 aromatic rings. The first-order valence-electron chi connectivity index (χ1n) is 25.0. The van der Waals surface area contributed by atoms with Crippen LogP contribution in [0.2, 0.25) is 0 Å². The highest BCUT2D eigenvalue weighted by atomic mass is 16.6. The first-order chi connectivity index (χ1) is 34.7. The summed E-state index contributed by atoms with van der Waals surface area (Å²) in [6.45, 7) is 15.2. The van der Waals surface area contributed by atoms with Gasteiger partial charge in [0.2, 0.25) is 6.10 Å². The smallest absolute Gasteiger partial charge is 0.408 e. The van der Waals surface area contributed by atoms with Gasteiger partial charge in [0.1, 0.15) is 49.0 Å². The maximum absolute atomic E-state index is 15.1. The van der Waals surface area contributed by atoms with Crippen LogP contribution >= 0.6 is 0 Å². The second-order valence-corrected chi connectivity index (χ2v) is 21.3. The standard InChI is InChI=1S/C55H69NO18/c1-31-38-27-41(60)54(10)25-24-42-55(30-68-42,73-34(4)59)48(54)46(72-49(63)36-20-15-12-16-21-36)39(53(38,8)9)26-40(31)70-50(64)47(45(35-18-13-11-14-19-35)56-51(65)74-52(5,6)7)71-44(62)23-17-22-43(61)69-37(28-66-32(2)57)29-67-33(3)58/h11-16,18-21,37,39-40,42,45-48H,17,22-30H2,1-10H3,(H,56,65)/t39?,40-,42+,45-,46+,47?,48?,54-,55-/m0/s1. The number of ether oxygens (including phenoxy) is 9. The summed E-state index contributed by atoms with van der Waals surface area (Å²) in [6, 6.07) is 15.2. The zero-order valence-corrected chi connectivity index (χ0v) is 43.8. The molecule has 1 saturated heterocycles. The molecule has 0 radical (unpaired) electrons. The van der Waals surface area contributed by atoms with Crippen molar-refractivity contribution in [1.82, 2.24) is 5.32 Å². The maximum Gasteiger partial charge on any atom is 0.408 e. The Balaban J connectivity index is 1.36. The van der Waals surface area contributed by atoms with E-state index in [4.69, 9.17) is 42.6 Å². The Morgan fingerprint density at radius 2 is 1.39 bits per heavy atom. The molecule has 74 heavy (non-hydrogen) atoms. The third kappa shape index (κ3) is 13.2. The van der Waals surface area contributed by atoms with Gasteiger partial charge in [-0.05, 0) is 82.1 Å². The number of ketones is 1. The summed E-state index contributed by atoms with van der Waals surface area (Å²) in [5, 5.41) is 2.70. The summed E-state index contributed by atoms with van der Waals surface area (Å²) in [7, 11) is 0. The van der Waals surface area contributed by atoms with Gasteiger partial charge in [0.25, 0.3) is 0 Å². The summed E-state index contributed by atoms with van der Waals surface area (Å²) >= 11 is 0. The van der Waals surface area contributed by atoms with E-state index in [9.17, 15) is 33.6 Å². The van der Waals surface area contributed by atoms with E-state index in [1.165, 1.54) is 6.92 Å². The number of benzene rings is 2. The van der Waals surface area contributed by atoms with Crippen molar-refractivity contribution in [2.45, 2.75) is 162 Å². The second kappa shape index (κ2) is 23.3. The number of carbonyl (C=O) groups is 9. The summed E-state index contributed by atoms with van der Waals surface area (Å²) < 4.78 is 52.2. The summed E-state index contributed by atoms with van der Waals surface area (Å²) in [4.78, 5) is 121. The molecule has 2 bridgehead atoms. The average Bonchev–Trinajstić information content (AvgIpc) is 3.31. The summed E-state index contributed by atoms with van der Waals surface area (Å²) in [5.74, 6) is -7.20. The average molecular weight is 1030 g/mol. The van der Waals surface area contributed by atoms with Crippen LogP contribution in [0.4, 0.5) is 4.79 Å². The molecule has 3 aliphatic carbocycles. The fraction of sp³-hybridized carbons (Fsp3) is 0.582. The lowest BCUT2D eigenvalue weighted by Crippen LogP contribution is -2.75. The quantitative estimate of drug-likeness (QED) is 0.0900. The Morgan fingerprint density at radius 3 is 1.95 bits per heavy atom. The first kappa shape index (κ1) is 56.7. The fourth-order valence-corrected chi connectivity index (χ4v) is 10.9. The van der Waals surface area contributed by atoms with Crippen LogP contribution < -0.4 is 5.32 Å². The normalized spacial score (nSPS) is 25.6. The van der Waals surface area contributed by atoms with Crippen molar-refractivity contribution in [2.24, 2.45) is 22.7 Å². The number of nitrogens with one attached hydrogen (secondary N) is 1. The van der Waals surface area contributed by atoms with Crippen molar-refractivity contribution in [3.8, 4) is 0 Å². The zero-order valence-electron chi connectivity index (χ0n) is 43.8. The molecule has 9 atom stereocenters. The maximum atomic E-state index is 15.1. The van der Waals surface area contributed by atoms with Crippen LogP contribution in [-0.2, 0) is 76.2 Å². The molecule has 0 spiro atoms. The van der Waals surface area contributed by atoms with Gasteiger partial charge in [-0.25, -0.2) is 14.4 Å². The third-order valence-corrected chi connectivity index (χ3v) is 14.5. The lowest BCUT2D eigenvalue weighted by atomic mass is 9.47. The van der Waals surface area contributed by atoms with E-state index in [-0.39, 0.29) is 56.9 Å². The Labute approximate surface area is 430 Å². The van der Waals surface area contributed by atoms with Gasteiger partial charge >= 0.3 is 47.9 Å². The molecular weight excluding hydrogens is 963 g/mol. The number of hydrogen-bond acceptors (Lipinski definition) is 18. The summed E-state index contributed by atoms with van der Waals surface area (Å²) in [5.41, 5.74) is -2.59. The van der Waals surface area contributed by atoms with Crippen LogP contribution in [0.25, 0.3) is 0 Å². The molecule has 4 aliphatic rings. The lowest BCUT2D eigenvalue weighted by Gasteiger charge is -2.64. The Hall–Kier alpha value is -6.63. The predicted molar refractivity (Wildman–Crippen MR) is 260 cm³/mol. The highest BCUT2D eigenvalue weighted by Gasteiger charge is 2.72. The predicted octanol–water partition coefficient (Wildman–Crippen LogP) is 6.96. The molecule has 3 fully saturated rings. The molecule has 1 heterocycles. The van der Waals surface area contributed by atoms with Gasteiger partial charge in [-0.3, -0.25) is 28.8 Å². The van der Waals surface area contributed by atoms with Crippen LogP contribution in [0, 0.1) is 22.7 Å². The van der Waals surface area contributed by atoms with E-state index < -0.39 is 125 Å². The minimum atomic E-state index is -1.88. The Morgan fingerprint density at radius 1 is 0.797 bits per heavy atom. The monoisotopic (exact) mass is 1030 g/mol. The summed E-state index contributed by atoms with van der Waals surface area (Å²) in [6.07, 6.45) is -6.97. The largest absolute Gasteiger partial charge is 0.462 e. The van der Waals surface area contributed by atoms with Gasteiger partial charge in [0, 0.05) is 51.4 Å². The molecule has 19 nitrogen and oxygen atoms in total. The third-order valence-electron chi connectivity index (χ3n) is 14.5. The number of fused-ring (bicyclic) bond motifs is 5. The van der Waals surface area contributed by atoms with E-state index in [0.29, 0.717) is 29.6 Å². The molecule has 1 N–H and O–H groups in total. The highest BCUT2D eigenvalue weighted by Crippen LogP contribution is 2.63. The van der Waals surface area contributed by atoms with Gasteiger partial charge < -0.3 is 47.9 Å². The van der Waals surface area contributed by atoms with Crippen molar-refractivity contribution in [3.63, 3.8) is 0 Å². The molecule has 2 aromatic carbocycles. The van der Waals surface area contributed by atoms with Crippen molar-refractivity contribution >= 4 is 53.7 Å². The van der Waals surface area contributed by atoms with Gasteiger partial charge in [-0.15, -0.1) is 0 Å². The number of amides is 1. The minimum Gasteiger partial charge on any atom is -0.462 e. The molecule has 0 aromatic heterocycles. The van der Waals surface area contributed by atoms with E-state index >= 15 is 9.59 Å². The number of carbonyl (C=O) groups excluding carboxylic acids is 9. The first-order valence-corrected chi connectivity index (χ1v) is 25.0. The van der Waals surface area contributed by atoms with Crippen LogP contribution in [0.3, 0.4) is 0 Å². The van der Waals surface area contributed by atoms with Gasteiger partial charge in [0.05, 0.1) is 18.1 Å². The van der Waals surface area contributed by atoms with Crippen molar-refractivity contribution < 1.29 is 85.8 Å². The fourth-order valence-electron chi connectivity index (χ4n) is 10.9. The van der Waals surface area contributed by atoms with E-state index in [1.807, 2.05) is 20.8 Å². The second-order valence-electron chi connectivity index (χ2n) is 21.3. The Bertz CT molecular complexity index is 2460. The van der Waals surface area contributed by atoms with Gasteiger partial charge in [-0.2, -0.15) is 0 Å². The van der Waals surface area contributed by atoms with Crippen molar-refractivity contribution in [3.05, 3.63) is 82.9 Å². The van der Waals surface area contributed by atoms with E-state index in [0.717, 1.165) is 13.8 Å². The van der Waals surface area contributed by atoms with Crippen molar-refractivity contribution in [1.29, 1.82) is 0 Å².